The number of ketones is 1. The zero-order valence-electron chi connectivity index (χ0n) is 9.46. The SMILES string of the molecule is CC(=O)c1ccn(CCCOCC(F)(F)F)c1. The second kappa shape index (κ2) is 5.86. The highest BCUT2D eigenvalue weighted by Gasteiger charge is 2.27. The van der Waals surface area contributed by atoms with Gasteiger partial charge in [-0.15, -0.1) is 0 Å². The van der Waals surface area contributed by atoms with E-state index in [-0.39, 0.29) is 12.4 Å². The lowest BCUT2D eigenvalue weighted by Crippen LogP contribution is -2.17. The Morgan fingerprint density at radius 3 is 2.71 bits per heavy atom. The van der Waals surface area contributed by atoms with Gasteiger partial charge < -0.3 is 9.30 Å². The number of Topliss-reactive ketones (excluding diaryl/α,β-unsaturated/α-hetero) is 1. The predicted octanol–water partition coefficient (Wildman–Crippen LogP) is 2.66. The summed E-state index contributed by atoms with van der Waals surface area (Å²) in [5.74, 6) is -0.0305. The Kier molecular flexibility index (Phi) is 4.74. The van der Waals surface area contributed by atoms with Gasteiger partial charge in [-0.3, -0.25) is 4.79 Å². The summed E-state index contributed by atoms with van der Waals surface area (Å²) in [6.07, 6.45) is -0.399. The Bertz CT molecular complexity index is 371. The van der Waals surface area contributed by atoms with Crippen molar-refractivity contribution < 1.29 is 22.7 Å². The van der Waals surface area contributed by atoms with Gasteiger partial charge in [0.15, 0.2) is 5.78 Å². The van der Waals surface area contributed by atoms with Crippen LogP contribution in [0.1, 0.15) is 23.7 Å². The number of aromatic nitrogens is 1. The Morgan fingerprint density at radius 1 is 1.47 bits per heavy atom. The van der Waals surface area contributed by atoms with Crippen molar-refractivity contribution in [2.24, 2.45) is 0 Å². The lowest BCUT2D eigenvalue weighted by Gasteiger charge is -2.07. The molecule has 0 N–H and O–H groups in total. The van der Waals surface area contributed by atoms with E-state index in [0.717, 1.165) is 0 Å². The molecule has 0 fully saturated rings. The second-order valence-electron chi connectivity index (χ2n) is 3.72. The zero-order valence-corrected chi connectivity index (χ0v) is 9.46. The average Bonchev–Trinajstić information content (AvgIpc) is 2.64. The fraction of sp³-hybridized carbons (Fsp3) is 0.545. The Balaban J connectivity index is 2.20. The summed E-state index contributed by atoms with van der Waals surface area (Å²) < 4.78 is 41.4. The molecule has 0 aliphatic carbocycles. The normalized spacial score (nSPS) is 11.8. The number of ether oxygens (including phenoxy) is 1. The fourth-order valence-electron chi connectivity index (χ4n) is 1.33. The van der Waals surface area contributed by atoms with Crippen LogP contribution >= 0.6 is 0 Å². The van der Waals surface area contributed by atoms with Crippen molar-refractivity contribution in [2.45, 2.75) is 26.1 Å². The number of nitrogens with zero attached hydrogens (tertiary/aromatic N) is 1. The smallest absolute Gasteiger partial charge is 0.372 e. The molecule has 0 amide bonds. The van der Waals surface area contributed by atoms with E-state index in [0.29, 0.717) is 18.5 Å². The fourth-order valence-corrected chi connectivity index (χ4v) is 1.33. The number of alkyl halides is 3. The Hall–Kier alpha value is -1.30. The maximum Gasteiger partial charge on any atom is 0.411 e. The molecule has 0 aliphatic rings. The van der Waals surface area contributed by atoms with E-state index in [1.165, 1.54) is 6.92 Å². The minimum absolute atomic E-state index is 0.0305. The molecule has 17 heavy (non-hydrogen) atoms. The lowest BCUT2D eigenvalue weighted by atomic mass is 10.2. The third-order valence-corrected chi connectivity index (χ3v) is 2.13. The minimum atomic E-state index is -4.27. The van der Waals surface area contributed by atoms with Crippen molar-refractivity contribution in [2.75, 3.05) is 13.2 Å². The molecule has 0 spiro atoms. The second-order valence-corrected chi connectivity index (χ2v) is 3.72. The predicted molar refractivity (Wildman–Crippen MR) is 55.9 cm³/mol. The quantitative estimate of drug-likeness (QED) is 0.573. The molecule has 6 heteroatoms. The summed E-state index contributed by atoms with van der Waals surface area (Å²) in [5, 5.41) is 0. The molecule has 0 bridgehead atoms. The first-order chi connectivity index (χ1) is 7.88. The molecule has 3 nitrogen and oxygen atoms in total. The number of aryl methyl sites for hydroxylation is 1. The first kappa shape index (κ1) is 13.8. The molecule has 96 valence electrons. The van der Waals surface area contributed by atoms with Crippen molar-refractivity contribution in [3.8, 4) is 0 Å². The molecule has 0 radical (unpaired) electrons. The van der Waals surface area contributed by atoms with Crippen LogP contribution in [0.15, 0.2) is 18.5 Å². The maximum absolute atomic E-state index is 11.7. The Labute approximate surface area is 97.2 Å². The molecule has 1 aromatic rings. The van der Waals surface area contributed by atoms with Gasteiger partial charge >= 0.3 is 6.18 Å². The van der Waals surface area contributed by atoms with E-state index in [4.69, 9.17) is 0 Å². The maximum atomic E-state index is 11.7. The molecule has 0 aromatic carbocycles. The minimum Gasteiger partial charge on any atom is -0.372 e. The molecule has 1 heterocycles. The molecular formula is C11H14F3NO2. The van der Waals surface area contributed by atoms with Gasteiger partial charge in [0.05, 0.1) is 0 Å². The molecule has 0 unspecified atom stereocenters. The third kappa shape index (κ3) is 5.53. The van der Waals surface area contributed by atoms with Crippen molar-refractivity contribution in [1.29, 1.82) is 0 Å². The summed E-state index contributed by atoms with van der Waals surface area (Å²) in [7, 11) is 0. The molecular weight excluding hydrogens is 235 g/mol. The summed E-state index contributed by atoms with van der Waals surface area (Å²) in [5.41, 5.74) is 0.598. The van der Waals surface area contributed by atoms with Crippen molar-refractivity contribution in [1.82, 2.24) is 4.57 Å². The number of carbonyl (C=O) groups is 1. The number of rotatable bonds is 6. The molecule has 1 aromatic heterocycles. The number of halogens is 3. The zero-order chi connectivity index (χ0) is 12.9. The molecule has 1 rings (SSSR count). The lowest BCUT2D eigenvalue weighted by molar-refractivity contribution is -0.174. The molecule has 0 aliphatic heterocycles. The largest absolute Gasteiger partial charge is 0.411 e. The molecule has 0 saturated heterocycles. The summed E-state index contributed by atoms with van der Waals surface area (Å²) in [6.45, 7) is 0.835. The Morgan fingerprint density at radius 2 is 2.18 bits per heavy atom. The van der Waals surface area contributed by atoms with Crippen molar-refractivity contribution >= 4 is 5.78 Å². The van der Waals surface area contributed by atoms with Crippen LogP contribution in [0.2, 0.25) is 0 Å². The van der Waals surface area contributed by atoms with E-state index in [1.54, 1.807) is 23.0 Å². The first-order valence-electron chi connectivity index (χ1n) is 5.20. The van der Waals surface area contributed by atoms with E-state index in [2.05, 4.69) is 4.74 Å². The van der Waals surface area contributed by atoms with Crippen LogP contribution in [0.4, 0.5) is 13.2 Å². The van der Waals surface area contributed by atoms with Crippen LogP contribution in [0.25, 0.3) is 0 Å². The van der Waals surface area contributed by atoms with Crippen LogP contribution in [0.5, 0.6) is 0 Å². The van der Waals surface area contributed by atoms with Crippen LogP contribution in [-0.2, 0) is 11.3 Å². The topological polar surface area (TPSA) is 31.2 Å². The van der Waals surface area contributed by atoms with Crippen molar-refractivity contribution in [3.63, 3.8) is 0 Å². The van der Waals surface area contributed by atoms with Crippen LogP contribution in [0.3, 0.4) is 0 Å². The van der Waals surface area contributed by atoms with E-state index >= 15 is 0 Å². The number of carbonyl (C=O) groups excluding carboxylic acids is 1. The molecule has 0 saturated carbocycles. The van der Waals surface area contributed by atoms with Gasteiger partial charge in [0.2, 0.25) is 0 Å². The van der Waals surface area contributed by atoms with Gasteiger partial charge in [0.1, 0.15) is 6.61 Å². The monoisotopic (exact) mass is 249 g/mol. The van der Waals surface area contributed by atoms with E-state index in [1.807, 2.05) is 0 Å². The van der Waals surface area contributed by atoms with Gasteiger partial charge in [0.25, 0.3) is 0 Å². The standard InChI is InChI=1S/C11H14F3NO2/c1-9(16)10-3-5-15(7-10)4-2-6-17-8-11(12,13)14/h3,5,7H,2,4,6,8H2,1H3. The van der Waals surface area contributed by atoms with E-state index < -0.39 is 12.8 Å². The van der Waals surface area contributed by atoms with Gasteiger partial charge in [0, 0.05) is 31.1 Å². The first-order valence-corrected chi connectivity index (χ1v) is 5.20. The summed E-state index contributed by atoms with van der Waals surface area (Å²) in [6, 6.07) is 1.68. The average molecular weight is 249 g/mol. The van der Waals surface area contributed by atoms with Gasteiger partial charge in [-0.25, -0.2) is 0 Å². The third-order valence-electron chi connectivity index (χ3n) is 2.13. The summed E-state index contributed by atoms with van der Waals surface area (Å²) >= 11 is 0. The number of hydrogen-bond donors (Lipinski definition) is 0. The van der Waals surface area contributed by atoms with Gasteiger partial charge in [-0.05, 0) is 19.4 Å². The number of hydrogen-bond acceptors (Lipinski definition) is 2. The highest BCUT2D eigenvalue weighted by molar-refractivity contribution is 5.93. The summed E-state index contributed by atoms with van der Waals surface area (Å²) in [4.78, 5) is 11.0. The van der Waals surface area contributed by atoms with Gasteiger partial charge in [-0.2, -0.15) is 13.2 Å². The highest BCUT2D eigenvalue weighted by Crippen LogP contribution is 2.14. The van der Waals surface area contributed by atoms with Crippen LogP contribution in [0, 0.1) is 0 Å². The van der Waals surface area contributed by atoms with Crippen LogP contribution in [-0.4, -0.2) is 29.7 Å². The van der Waals surface area contributed by atoms with Gasteiger partial charge in [-0.1, -0.05) is 0 Å². The van der Waals surface area contributed by atoms with Crippen LogP contribution < -0.4 is 0 Å². The molecule has 0 atom stereocenters. The highest BCUT2D eigenvalue weighted by atomic mass is 19.4. The van der Waals surface area contributed by atoms with Crippen molar-refractivity contribution in [3.05, 3.63) is 24.0 Å². The van der Waals surface area contributed by atoms with E-state index in [9.17, 15) is 18.0 Å².